The van der Waals surface area contributed by atoms with E-state index in [2.05, 4.69) is 75.4 Å². The second kappa shape index (κ2) is 15.6. The summed E-state index contributed by atoms with van der Waals surface area (Å²) in [5.41, 5.74) is 12.3. The zero-order valence-electron chi connectivity index (χ0n) is 31.0. The van der Waals surface area contributed by atoms with Gasteiger partial charge in [-0.25, -0.2) is 19.9 Å². The van der Waals surface area contributed by atoms with Crippen molar-refractivity contribution in [3.8, 4) is 56.7 Å². The molecule has 0 aliphatic carbocycles. The van der Waals surface area contributed by atoms with E-state index in [-0.39, 0.29) is 0 Å². The fourth-order valence-electron chi connectivity index (χ4n) is 7.28. The summed E-state index contributed by atoms with van der Waals surface area (Å²) in [6.07, 6.45) is 12.1. The third-order valence-electron chi connectivity index (χ3n) is 9.90. The van der Waals surface area contributed by atoms with Crippen molar-refractivity contribution in [2.45, 2.75) is 13.6 Å². The average Bonchev–Trinajstić information content (AvgIpc) is 3.69. The molecule has 0 aliphatic heterocycles. The number of benzene rings is 6. The molecule has 0 N–H and O–H groups in total. The van der Waals surface area contributed by atoms with E-state index < -0.39 is 0 Å². The Kier molecular flexibility index (Phi) is 10.0. The van der Waals surface area contributed by atoms with Gasteiger partial charge in [0.15, 0.2) is 37.6 Å². The van der Waals surface area contributed by atoms with Crippen LogP contribution in [0.15, 0.2) is 163 Å². The Balaban J connectivity index is 1.18. The lowest BCUT2D eigenvalue weighted by molar-refractivity contribution is 0.620. The van der Waals surface area contributed by atoms with Gasteiger partial charge in [-0.05, 0) is 69.4 Å². The standard InChI is InChI=1S/C48H38B2N4O/c1-5-7-22-37-38(23-8-6-2)44(50-4)40-29-34(24-26-39(40)43(37)49-3)33-20-15-21-36(28-33)48-51-41-27-25-35(30-42(41)55-48)47-53-45(31-16-11-9-12-17-31)52-46(54-47)32-18-13-10-14-19-32/h5-30,49-50H,1-2H2,3-4H3/b22-7-,23-8-. The summed E-state index contributed by atoms with van der Waals surface area (Å²) in [6.45, 7) is 12.3. The van der Waals surface area contributed by atoms with E-state index in [9.17, 15) is 0 Å². The molecular formula is C48H38B2N4O. The van der Waals surface area contributed by atoms with Crippen LogP contribution >= 0.6 is 0 Å². The molecule has 0 atom stereocenters. The van der Waals surface area contributed by atoms with E-state index in [0.29, 0.717) is 28.9 Å². The van der Waals surface area contributed by atoms with Crippen molar-refractivity contribution in [1.82, 2.24) is 19.9 Å². The Labute approximate surface area is 323 Å². The highest BCUT2D eigenvalue weighted by molar-refractivity contribution is 6.62. The van der Waals surface area contributed by atoms with Gasteiger partial charge in [-0.1, -0.05) is 159 Å². The number of hydrogen-bond acceptors (Lipinski definition) is 5. The van der Waals surface area contributed by atoms with Gasteiger partial charge >= 0.3 is 0 Å². The summed E-state index contributed by atoms with van der Waals surface area (Å²) in [7, 11) is 1.81. The van der Waals surface area contributed by atoms with Crippen LogP contribution in [0.1, 0.15) is 11.1 Å². The molecule has 2 aromatic heterocycles. The zero-order valence-corrected chi connectivity index (χ0v) is 31.0. The Morgan fingerprint density at radius 2 is 1.02 bits per heavy atom. The number of allylic oxidation sites excluding steroid dienone is 4. The van der Waals surface area contributed by atoms with E-state index in [1.54, 1.807) is 0 Å². The van der Waals surface area contributed by atoms with Crippen molar-refractivity contribution in [3.63, 3.8) is 0 Å². The molecule has 0 saturated carbocycles. The minimum absolute atomic E-state index is 0.554. The van der Waals surface area contributed by atoms with Crippen LogP contribution in [-0.2, 0) is 0 Å². The van der Waals surface area contributed by atoms with Crippen molar-refractivity contribution in [2.24, 2.45) is 0 Å². The maximum Gasteiger partial charge on any atom is 0.227 e. The Hall–Kier alpha value is -6.85. The van der Waals surface area contributed by atoms with E-state index >= 15 is 0 Å². The molecular weight excluding hydrogens is 670 g/mol. The maximum absolute atomic E-state index is 6.46. The van der Waals surface area contributed by atoms with Gasteiger partial charge < -0.3 is 4.42 Å². The smallest absolute Gasteiger partial charge is 0.227 e. The molecule has 0 spiro atoms. The highest BCUT2D eigenvalue weighted by Gasteiger charge is 2.18. The Morgan fingerprint density at radius 1 is 0.491 bits per heavy atom. The lowest BCUT2D eigenvalue weighted by atomic mass is 9.61. The van der Waals surface area contributed by atoms with Crippen molar-refractivity contribution < 1.29 is 4.42 Å². The molecule has 2 heterocycles. The van der Waals surface area contributed by atoms with Gasteiger partial charge in [0.05, 0.1) is 0 Å². The third kappa shape index (κ3) is 7.00. The molecule has 0 fully saturated rings. The molecule has 5 nitrogen and oxygen atoms in total. The van der Waals surface area contributed by atoms with Crippen LogP contribution in [0.25, 0.3) is 90.8 Å². The van der Waals surface area contributed by atoms with Crippen molar-refractivity contribution in [1.29, 1.82) is 0 Å². The largest absolute Gasteiger partial charge is 0.436 e. The van der Waals surface area contributed by atoms with E-state index in [1.165, 1.54) is 32.8 Å². The van der Waals surface area contributed by atoms with E-state index in [4.69, 9.17) is 24.4 Å². The number of rotatable bonds is 11. The van der Waals surface area contributed by atoms with E-state index in [1.807, 2.05) is 109 Å². The molecule has 8 rings (SSSR count). The summed E-state index contributed by atoms with van der Waals surface area (Å²) in [4.78, 5) is 19.5. The number of oxazole rings is 1. The average molecular weight is 708 g/mol. The molecule has 0 amide bonds. The number of fused-ring (bicyclic) bond motifs is 2. The molecule has 0 aliphatic rings. The van der Waals surface area contributed by atoms with Crippen molar-refractivity contribution in [3.05, 3.63) is 170 Å². The van der Waals surface area contributed by atoms with Gasteiger partial charge in [-0.2, -0.15) is 0 Å². The SMILES string of the molecule is C=C/C=C\c1c(/C=C\C=C)c(BC)c2cc(-c3cccc(-c4nc5ccc(-c6nc(-c7ccccc7)nc(-c7ccccc7)n6)cc5o4)c3)ccc2c1BC. The van der Waals surface area contributed by atoms with Crippen LogP contribution in [0, 0.1) is 0 Å². The van der Waals surface area contributed by atoms with Crippen molar-refractivity contribution >= 4 is 59.5 Å². The fourth-order valence-corrected chi connectivity index (χ4v) is 7.28. The van der Waals surface area contributed by atoms with Gasteiger partial charge in [0.25, 0.3) is 0 Å². The quantitative estimate of drug-likeness (QED) is 0.0989. The number of aromatic nitrogens is 4. The first-order chi connectivity index (χ1) is 27.1. The minimum Gasteiger partial charge on any atom is -0.436 e. The molecule has 6 aromatic carbocycles. The molecule has 0 unspecified atom stereocenters. The number of nitrogens with zero attached hydrogens (tertiary/aromatic N) is 4. The van der Waals surface area contributed by atoms with Gasteiger partial charge in [-0.3, -0.25) is 0 Å². The van der Waals surface area contributed by atoms with Crippen LogP contribution < -0.4 is 10.9 Å². The second-order valence-corrected chi connectivity index (χ2v) is 13.3. The molecule has 0 saturated heterocycles. The number of hydrogen-bond donors (Lipinski definition) is 0. The topological polar surface area (TPSA) is 64.7 Å². The third-order valence-corrected chi connectivity index (χ3v) is 9.90. The summed E-state index contributed by atoms with van der Waals surface area (Å²) < 4.78 is 6.46. The first-order valence-electron chi connectivity index (χ1n) is 18.7. The Bertz CT molecular complexity index is 2710. The highest BCUT2D eigenvalue weighted by Crippen LogP contribution is 2.33. The predicted octanol–water partition coefficient (Wildman–Crippen LogP) is 10.1. The summed E-state index contributed by atoms with van der Waals surface area (Å²) >= 11 is 0. The first-order valence-corrected chi connectivity index (χ1v) is 18.7. The molecule has 262 valence electrons. The van der Waals surface area contributed by atoms with Gasteiger partial charge in [0.1, 0.15) is 5.52 Å². The molecule has 7 heteroatoms. The summed E-state index contributed by atoms with van der Waals surface area (Å²) in [5, 5.41) is 2.54. The lowest BCUT2D eigenvalue weighted by Crippen LogP contribution is -2.27. The monoisotopic (exact) mass is 708 g/mol. The second-order valence-electron chi connectivity index (χ2n) is 13.3. The van der Waals surface area contributed by atoms with Crippen LogP contribution in [0.3, 0.4) is 0 Å². The van der Waals surface area contributed by atoms with Gasteiger partial charge in [-0.15, -0.1) is 0 Å². The molecule has 0 radical (unpaired) electrons. The zero-order chi connectivity index (χ0) is 37.7. The molecule has 0 bridgehead atoms. The summed E-state index contributed by atoms with van der Waals surface area (Å²) in [5.74, 6) is 2.34. The highest BCUT2D eigenvalue weighted by atomic mass is 16.3. The molecule has 8 aromatic rings. The van der Waals surface area contributed by atoms with Crippen molar-refractivity contribution in [2.75, 3.05) is 0 Å². The summed E-state index contributed by atoms with van der Waals surface area (Å²) in [6, 6.07) is 41.1. The first kappa shape index (κ1) is 35.2. The van der Waals surface area contributed by atoms with Crippen LogP contribution in [-0.4, -0.2) is 34.5 Å². The maximum atomic E-state index is 6.46. The van der Waals surface area contributed by atoms with E-state index in [0.717, 1.165) is 53.5 Å². The fraction of sp³-hybridized carbons (Fsp3) is 0.0417. The van der Waals surface area contributed by atoms with Gasteiger partial charge in [0.2, 0.25) is 5.89 Å². The van der Waals surface area contributed by atoms with Crippen LogP contribution in [0.2, 0.25) is 13.6 Å². The van der Waals surface area contributed by atoms with Gasteiger partial charge in [0, 0.05) is 22.3 Å². The predicted molar refractivity (Wildman–Crippen MR) is 236 cm³/mol. The minimum atomic E-state index is 0.554. The Morgan fingerprint density at radius 3 is 1.62 bits per heavy atom. The lowest BCUT2D eigenvalue weighted by Gasteiger charge is -2.19. The normalized spacial score (nSPS) is 11.5. The van der Waals surface area contributed by atoms with Crippen LogP contribution in [0.4, 0.5) is 0 Å². The molecule has 55 heavy (non-hydrogen) atoms. The van der Waals surface area contributed by atoms with Crippen LogP contribution in [0.5, 0.6) is 0 Å².